The summed E-state index contributed by atoms with van der Waals surface area (Å²) in [6, 6.07) is 77.0. The monoisotopic (exact) mass is 761 g/mol. The van der Waals surface area contributed by atoms with E-state index in [1.54, 1.807) is 0 Å². The lowest BCUT2D eigenvalue weighted by molar-refractivity contribution is 0.794. The molecule has 13 rings (SSSR count). The predicted octanol–water partition coefficient (Wildman–Crippen LogP) is 14.1. The van der Waals surface area contributed by atoms with E-state index in [1.165, 1.54) is 77.4 Å². The van der Waals surface area contributed by atoms with Crippen LogP contribution in [-0.2, 0) is 5.41 Å². The van der Waals surface area contributed by atoms with Gasteiger partial charge >= 0.3 is 0 Å². The molecule has 2 aliphatic rings. The van der Waals surface area contributed by atoms with Crippen LogP contribution < -0.4 is 0 Å². The average Bonchev–Trinajstić information content (AvgIpc) is 3.94. The number of benzene rings is 9. The number of fused-ring (bicyclic) bond motifs is 14. The summed E-state index contributed by atoms with van der Waals surface area (Å²) >= 11 is 0. The van der Waals surface area contributed by atoms with Crippen LogP contribution in [0.4, 0.5) is 0 Å². The Balaban J connectivity index is 0.988. The van der Waals surface area contributed by atoms with Crippen LogP contribution in [-0.4, -0.2) is 14.5 Å². The third kappa shape index (κ3) is 4.44. The SMILES string of the molecule is c1ccc(-n2c3ccccc3c3c(-c4ccc(-c5nc(-c6cccc7c6-c6ccccc6C76c7ccccc7-c7ccccc76)nc6ccccc56)cc4)cccc32)cc1. The van der Waals surface area contributed by atoms with Gasteiger partial charge in [-0.15, -0.1) is 0 Å². The molecule has 1 spiro atoms. The molecule has 0 saturated carbocycles. The average molecular weight is 762 g/mol. The van der Waals surface area contributed by atoms with Gasteiger partial charge in [-0.2, -0.15) is 0 Å². The van der Waals surface area contributed by atoms with Crippen LogP contribution in [0.25, 0.3) is 94.4 Å². The van der Waals surface area contributed by atoms with E-state index in [1.807, 2.05) is 0 Å². The fourth-order valence-electron chi connectivity index (χ4n) is 10.7. The van der Waals surface area contributed by atoms with E-state index in [4.69, 9.17) is 9.97 Å². The van der Waals surface area contributed by atoms with E-state index in [0.29, 0.717) is 0 Å². The van der Waals surface area contributed by atoms with Crippen LogP contribution in [0.3, 0.4) is 0 Å². The molecule has 2 aliphatic carbocycles. The highest BCUT2D eigenvalue weighted by molar-refractivity contribution is 6.16. The first-order chi connectivity index (χ1) is 29.8. The van der Waals surface area contributed by atoms with Gasteiger partial charge in [0.05, 0.1) is 27.7 Å². The van der Waals surface area contributed by atoms with Crippen molar-refractivity contribution in [2.45, 2.75) is 5.41 Å². The number of hydrogen-bond acceptors (Lipinski definition) is 2. The first-order valence-corrected chi connectivity index (χ1v) is 20.7. The van der Waals surface area contributed by atoms with Gasteiger partial charge in [-0.05, 0) is 86.0 Å². The van der Waals surface area contributed by atoms with Gasteiger partial charge < -0.3 is 4.57 Å². The number of nitrogens with zero attached hydrogens (tertiary/aromatic N) is 3. The van der Waals surface area contributed by atoms with Crippen LogP contribution in [0.15, 0.2) is 212 Å². The minimum Gasteiger partial charge on any atom is -0.309 e. The molecule has 0 bridgehead atoms. The van der Waals surface area contributed by atoms with Crippen LogP contribution in [0.5, 0.6) is 0 Å². The van der Waals surface area contributed by atoms with Crippen molar-refractivity contribution in [2.75, 3.05) is 0 Å². The third-order valence-corrected chi connectivity index (χ3v) is 13.0. The van der Waals surface area contributed by atoms with Crippen LogP contribution in [0.1, 0.15) is 22.3 Å². The molecule has 278 valence electrons. The van der Waals surface area contributed by atoms with Crippen molar-refractivity contribution in [3.63, 3.8) is 0 Å². The van der Waals surface area contributed by atoms with Gasteiger partial charge in [-0.25, -0.2) is 9.97 Å². The van der Waals surface area contributed by atoms with Gasteiger partial charge in [0.25, 0.3) is 0 Å². The van der Waals surface area contributed by atoms with Crippen LogP contribution in [0, 0.1) is 0 Å². The molecule has 9 aromatic carbocycles. The Hall–Kier alpha value is -7.88. The van der Waals surface area contributed by atoms with Gasteiger partial charge in [-0.3, -0.25) is 0 Å². The minimum absolute atomic E-state index is 0.430. The van der Waals surface area contributed by atoms with Gasteiger partial charge in [-0.1, -0.05) is 182 Å². The maximum atomic E-state index is 5.51. The zero-order chi connectivity index (χ0) is 39.4. The zero-order valence-corrected chi connectivity index (χ0v) is 32.5. The smallest absolute Gasteiger partial charge is 0.161 e. The Morgan fingerprint density at radius 2 is 0.883 bits per heavy atom. The first-order valence-electron chi connectivity index (χ1n) is 20.7. The van der Waals surface area contributed by atoms with E-state index in [2.05, 4.69) is 217 Å². The highest BCUT2D eigenvalue weighted by atomic mass is 15.0. The van der Waals surface area contributed by atoms with E-state index in [0.717, 1.165) is 39.2 Å². The molecule has 0 radical (unpaired) electrons. The number of hydrogen-bond donors (Lipinski definition) is 0. The van der Waals surface area contributed by atoms with Crippen LogP contribution in [0.2, 0.25) is 0 Å². The second kappa shape index (κ2) is 12.6. The lowest BCUT2D eigenvalue weighted by atomic mass is 9.70. The van der Waals surface area contributed by atoms with Crippen molar-refractivity contribution in [3.05, 3.63) is 235 Å². The molecular weight excluding hydrogens is 727 g/mol. The molecule has 60 heavy (non-hydrogen) atoms. The Morgan fingerprint density at radius 1 is 0.350 bits per heavy atom. The molecule has 3 nitrogen and oxygen atoms in total. The van der Waals surface area contributed by atoms with Gasteiger partial charge in [0.15, 0.2) is 5.82 Å². The second-order valence-electron chi connectivity index (χ2n) is 16.0. The summed E-state index contributed by atoms with van der Waals surface area (Å²) < 4.78 is 2.38. The first kappa shape index (κ1) is 33.1. The van der Waals surface area contributed by atoms with Crippen molar-refractivity contribution < 1.29 is 0 Å². The lowest BCUT2D eigenvalue weighted by Gasteiger charge is -2.30. The summed E-state index contributed by atoms with van der Waals surface area (Å²) in [6.07, 6.45) is 0. The Kier molecular flexibility index (Phi) is 6.93. The maximum Gasteiger partial charge on any atom is 0.161 e. The topological polar surface area (TPSA) is 30.7 Å². The molecule has 0 amide bonds. The summed E-state index contributed by atoms with van der Waals surface area (Å²) in [7, 11) is 0. The standard InChI is InChI=1S/C57H35N3/c1-2-16-38(17-3-1)60-51-30-13-8-22-44(51)54-39(23-15-31-52(54)60)36-32-34-37(35-33-36)55-43-21-7-12-29-50(43)58-56(59-55)45-24-14-28-49-53(45)42-20-6-11-27-48(42)57(49)46-25-9-4-18-40(46)41-19-5-10-26-47(41)57/h1-35H. The van der Waals surface area contributed by atoms with E-state index in [9.17, 15) is 0 Å². The highest BCUT2D eigenvalue weighted by Crippen LogP contribution is 2.63. The van der Waals surface area contributed by atoms with E-state index >= 15 is 0 Å². The van der Waals surface area contributed by atoms with E-state index < -0.39 is 5.41 Å². The summed E-state index contributed by atoms with van der Waals surface area (Å²) in [5, 5.41) is 3.53. The molecule has 3 heteroatoms. The summed E-state index contributed by atoms with van der Waals surface area (Å²) in [5.41, 5.74) is 19.7. The fourth-order valence-corrected chi connectivity index (χ4v) is 10.7. The Labute approximate surface area is 347 Å². The highest BCUT2D eigenvalue weighted by Gasteiger charge is 2.52. The second-order valence-corrected chi connectivity index (χ2v) is 16.0. The maximum absolute atomic E-state index is 5.51. The van der Waals surface area contributed by atoms with Gasteiger partial charge in [0.1, 0.15) is 0 Å². The lowest BCUT2D eigenvalue weighted by Crippen LogP contribution is -2.25. The van der Waals surface area contributed by atoms with Crippen molar-refractivity contribution in [2.24, 2.45) is 0 Å². The predicted molar refractivity (Wildman–Crippen MR) is 246 cm³/mol. The normalized spacial score (nSPS) is 13.1. The van der Waals surface area contributed by atoms with Crippen LogP contribution >= 0.6 is 0 Å². The molecule has 2 aromatic heterocycles. The summed E-state index contributed by atoms with van der Waals surface area (Å²) in [4.78, 5) is 10.8. The third-order valence-electron chi connectivity index (χ3n) is 13.0. The largest absolute Gasteiger partial charge is 0.309 e. The van der Waals surface area contributed by atoms with Crippen molar-refractivity contribution >= 4 is 32.7 Å². The minimum atomic E-state index is -0.430. The number of aromatic nitrogens is 3. The molecule has 11 aromatic rings. The molecule has 0 unspecified atom stereocenters. The number of para-hydroxylation sites is 3. The quantitative estimate of drug-likeness (QED) is 0.179. The number of rotatable bonds is 4. The molecule has 0 fully saturated rings. The summed E-state index contributed by atoms with van der Waals surface area (Å²) in [5.74, 6) is 0.731. The summed E-state index contributed by atoms with van der Waals surface area (Å²) in [6.45, 7) is 0. The van der Waals surface area contributed by atoms with Gasteiger partial charge in [0.2, 0.25) is 0 Å². The molecule has 0 atom stereocenters. The van der Waals surface area contributed by atoms with Crippen molar-refractivity contribution in [1.82, 2.24) is 14.5 Å². The zero-order valence-electron chi connectivity index (χ0n) is 32.5. The van der Waals surface area contributed by atoms with Crippen molar-refractivity contribution in [1.29, 1.82) is 0 Å². The van der Waals surface area contributed by atoms with Gasteiger partial charge in [0, 0.05) is 33.0 Å². The Bertz CT molecular complexity index is 3500. The fraction of sp³-hybridized carbons (Fsp3) is 0.0175. The molecule has 2 heterocycles. The molecule has 0 aliphatic heterocycles. The molecule has 0 N–H and O–H groups in total. The van der Waals surface area contributed by atoms with E-state index in [-0.39, 0.29) is 0 Å². The van der Waals surface area contributed by atoms with Crippen molar-refractivity contribution in [3.8, 4) is 61.7 Å². The Morgan fingerprint density at radius 3 is 1.65 bits per heavy atom. The molecule has 0 saturated heterocycles. The molecular formula is C57H35N3.